The molecule has 0 radical (unpaired) electrons. The van der Waals surface area contributed by atoms with E-state index in [0.29, 0.717) is 6.61 Å². The minimum Gasteiger partial charge on any atom is -0.394 e. The largest absolute Gasteiger partial charge is 0.394 e. The zero-order valence-electron chi connectivity index (χ0n) is 8.00. The highest BCUT2D eigenvalue weighted by Gasteiger charge is 2.42. The lowest BCUT2D eigenvalue weighted by molar-refractivity contribution is -0.174. The van der Waals surface area contributed by atoms with Gasteiger partial charge >= 0.3 is 0 Å². The van der Waals surface area contributed by atoms with E-state index in [9.17, 15) is 10.2 Å². The average Bonchev–Trinajstić information content (AvgIpc) is 2.46. The van der Waals surface area contributed by atoms with Crippen LogP contribution in [0.3, 0.4) is 0 Å². The van der Waals surface area contributed by atoms with Gasteiger partial charge in [0.05, 0.1) is 19.8 Å². The van der Waals surface area contributed by atoms with Crippen LogP contribution in [0.5, 0.6) is 0 Å². The van der Waals surface area contributed by atoms with Gasteiger partial charge in [-0.2, -0.15) is 0 Å². The average molecular weight is 208 g/mol. The number of aliphatic hydroxyl groups excluding tert-OH is 3. The summed E-state index contributed by atoms with van der Waals surface area (Å²) in [4.78, 5) is 0. The Balaban J connectivity index is 2.32. The molecule has 0 spiro atoms. The van der Waals surface area contributed by atoms with Crippen molar-refractivity contribution in [2.75, 3.05) is 26.9 Å². The van der Waals surface area contributed by atoms with Crippen LogP contribution in [0.1, 0.15) is 0 Å². The quantitative estimate of drug-likeness (QED) is 0.457. The van der Waals surface area contributed by atoms with Crippen LogP contribution in [0, 0.1) is 0 Å². The molecule has 0 aromatic rings. The normalized spacial score (nSPS) is 37.7. The van der Waals surface area contributed by atoms with Gasteiger partial charge in [0.25, 0.3) is 0 Å². The molecule has 0 aliphatic carbocycles. The number of hydrogen-bond donors (Lipinski definition) is 3. The van der Waals surface area contributed by atoms with Crippen LogP contribution in [-0.4, -0.2) is 66.9 Å². The topological polar surface area (TPSA) is 88.4 Å². The maximum atomic E-state index is 9.41. The summed E-state index contributed by atoms with van der Waals surface area (Å²) in [6.45, 7) is 0.303. The van der Waals surface area contributed by atoms with Gasteiger partial charge in [0, 0.05) is 7.11 Å². The van der Waals surface area contributed by atoms with E-state index in [2.05, 4.69) is 0 Å². The first kappa shape index (κ1) is 11.8. The smallest absolute Gasteiger partial charge is 0.186 e. The highest BCUT2D eigenvalue weighted by atomic mass is 16.7. The number of rotatable bonds is 5. The van der Waals surface area contributed by atoms with E-state index in [1.54, 1.807) is 0 Å². The van der Waals surface area contributed by atoms with Gasteiger partial charge in [-0.15, -0.1) is 0 Å². The monoisotopic (exact) mass is 208 g/mol. The number of hydrogen-bond acceptors (Lipinski definition) is 6. The number of methoxy groups -OCH3 is 1. The van der Waals surface area contributed by atoms with Crippen molar-refractivity contribution < 1.29 is 29.5 Å². The molecule has 1 heterocycles. The van der Waals surface area contributed by atoms with E-state index in [1.807, 2.05) is 0 Å². The van der Waals surface area contributed by atoms with Crippen molar-refractivity contribution in [2.45, 2.75) is 24.6 Å². The van der Waals surface area contributed by atoms with Crippen LogP contribution < -0.4 is 0 Å². The Morgan fingerprint density at radius 1 is 1.21 bits per heavy atom. The summed E-state index contributed by atoms with van der Waals surface area (Å²) in [6.07, 6.45) is -3.90. The van der Waals surface area contributed by atoms with E-state index >= 15 is 0 Å². The summed E-state index contributed by atoms with van der Waals surface area (Å²) in [5.41, 5.74) is 0. The van der Waals surface area contributed by atoms with Crippen molar-refractivity contribution in [3.8, 4) is 0 Å². The van der Waals surface area contributed by atoms with E-state index in [-0.39, 0.29) is 13.2 Å². The second-order valence-electron chi connectivity index (χ2n) is 3.07. The third-order valence-corrected chi connectivity index (χ3v) is 2.07. The highest BCUT2D eigenvalue weighted by Crippen LogP contribution is 2.21. The molecule has 0 bridgehead atoms. The minimum atomic E-state index is -1.12. The molecule has 0 amide bonds. The first-order chi connectivity index (χ1) is 6.70. The van der Waals surface area contributed by atoms with Gasteiger partial charge in [-0.05, 0) is 0 Å². The maximum absolute atomic E-state index is 9.41. The van der Waals surface area contributed by atoms with Gasteiger partial charge < -0.3 is 29.5 Å². The molecule has 1 unspecified atom stereocenters. The molecular formula is C8H16O6. The Kier molecular flexibility index (Phi) is 4.73. The van der Waals surface area contributed by atoms with Gasteiger partial charge in [-0.25, -0.2) is 0 Å². The molecule has 3 N–H and O–H groups in total. The molecule has 0 aromatic carbocycles. The summed E-state index contributed by atoms with van der Waals surface area (Å²) >= 11 is 0. The maximum Gasteiger partial charge on any atom is 0.186 e. The zero-order chi connectivity index (χ0) is 10.6. The van der Waals surface area contributed by atoms with Crippen molar-refractivity contribution in [2.24, 2.45) is 0 Å². The first-order valence-corrected chi connectivity index (χ1v) is 4.43. The molecule has 1 saturated heterocycles. The first-order valence-electron chi connectivity index (χ1n) is 4.43. The fraction of sp³-hybridized carbons (Fsp3) is 1.00. The molecule has 1 fully saturated rings. The van der Waals surface area contributed by atoms with Gasteiger partial charge in [0.15, 0.2) is 6.29 Å². The molecule has 4 atom stereocenters. The third-order valence-electron chi connectivity index (χ3n) is 2.07. The Labute approximate surface area is 82.0 Å². The van der Waals surface area contributed by atoms with Crippen molar-refractivity contribution in [3.63, 3.8) is 0 Å². The number of aliphatic hydroxyl groups is 3. The molecule has 1 aliphatic rings. The minimum absolute atomic E-state index is 0.267. The summed E-state index contributed by atoms with van der Waals surface area (Å²) < 4.78 is 14.9. The van der Waals surface area contributed by atoms with Gasteiger partial charge in [-0.3, -0.25) is 0 Å². The lowest BCUT2D eigenvalue weighted by Gasteiger charge is -2.14. The van der Waals surface area contributed by atoms with Crippen molar-refractivity contribution >= 4 is 0 Å². The van der Waals surface area contributed by atoms with Crippen LogP contribution in [0.2, 0.25) is 0 Å². The van der Waals surface area contributed by atoms with Crippen LogP contribution >= 0.6 is 0 Å². The molecule has 6 heteroatoms. The molecule has 0 saturated carbocycles. The predicted octanol–water partition coefficient (Wildman–Crippen LogP) is -1.91. The Bertz CT molecular complexity index is 164. The molecule has 6 nitrogen and oxygen atoms in total. The fourth-order valence-corrected chi connectivity index (χ4v) is 1.25. The van der Waals surface area contributed by atoms with E-state index in [0.717, 1.165) is 0 Å². The lowest BCUT2D eigenvalue weighted by atomic mass is 10.1. The molecule has 0 aromatic heterocycles. The summed E-state index contributed by atoms with van der Waals surface area (Å²) in [7, 11) is 1.53. The predicted molar refractivity (Wildman–Crippen MR) is 45.6 cm³/mol. The summed E-state index contributed by atoms with van der Waals surface area (Å²) in [6, 6.07) is 0. The van der Waals surface area contributed by atoms with Gasteiger partial charge in [0.2, 0.25) is 0 Å². The van der Waals surface area contributed by atoms with Crippen molar-refractivity contribution in [1.29, 1.82) is 0 Å². The molecular weight excluding hydrogens is 192 g/mol. The van der Waals surface area contributed by atoms with E-state index in [4.69, 9.17) is 19.3 Å². The van der Waals surface area contributed by atoms with E-state index in [1.165, 1.54) is 7.11 Å². The molecule has 14 heavy (non-hydrogen) atoms. The summed E-state index contributed by atoms with van der Waals surface area (Å²) in [5, 5.41) is 27.5. The lowest BCUT2D eigenvalue weighted by Crippen LogP contribution is -2.34. The van der Waals surface area contributed by atoms with Gasteiger partial charge in [-0.1, -0.05) is 0 Å². The van der Waals surface area contributed by atoms with Crippen LogP contribution in [0.4, 0.5) is 0 Å². The van der Waals surface area contributed by atoms with E-state index < -0.39 is 24.6 Å². The Hall–Kier alpha value is -0.240. The Morgan fingerprint density at radius 2 is 1.93 bits per heavy atom. The second kappa shape index (κ2) is 5.59. The molecule has 1 aliphatic heterocycles. The standard InChI is InChI=1S/C8H16O6/c1-12-2-3-13-8-7(11)6(10)5(4-9)14-8/h5-11H,2-4H2,1H3/t5-,6-,7+,8?/m1/s1. The Morgan fingerprint density at radius 3 is 2.43 bits per heavy atom. The van der Waals surface area contributed by atoms with Crippen molar-refractivity contribution in [1.82, 2.24) is 0 Å². The van der Waals surface area contributed by atoms with Crippen LogP contribution in [-0.2, 0) is 14.2 Å². The molecule has 84 valence electrons. The van der Waals surface area contributed by atoms with Crippen LogP contribution in [0.15, 0.2) is 0 Å². The fourth-order valence-electron chi connectivity index (χ4n) is 1.25. The van der Waals surface area contributed by atoms with Crippen LogP contribution in [0.25, 0.3) is 0 Å². The SMILES string of the molecule is COCCOC1O[C@H](CO)[C@@H](O)[C@@H]1O. The number of ether oxygens (including phenoxy) is 3. The van der Waals surface area contributed by atoms with Crippen molar-refractivity contribution in [3.05, 3.63) is 0 Å². The van der Waals surface area contributed by atoms with Gasteiger partial charge in [0.1, 0.15) is 18.3 Å². The third kappa shape index (κ3) is 2.63. The highest BCUT2D eigenvalue weighted by molar-refractivity contribution is 4.86. The molecule has 1 rings (SSSR count). The second-order valence-corrected chi connectivity index (χ2v) is 3.07. The summed E-state index contributed by atoms with van der Waals surface area (Å²) in [5.74, 6) is 0. The zero-order valence-corrected chi connectivity index (χ0v) is 8.00.